The number of fused-ring (bicyclic) bond motifs is 1. The number of anilines is 1. The van der Waals surface area contributed by atoms with Crippen LogP contribution in [0.3, 0.4) is 0 Å². The summed E-state index contributed by atoms with van der Waals surface area (Å²) in [5.74, 6) is 2.12. The second kappa shape index (κ2) is 5.29. The van der Waals surface area contributed by atoms with Crippen molar-refractivity contribution in [3.8, 4) is 0 Å². The number of hydrogen-bond acceptors (Lipinski definition) is 4. The molecule has 2 N–H and O–H groups in total. The summed E-state index contributed by atoms with van der Waals surface area (Å²) in [5.41, 5.74) is 7.57. The van der Waals surface area contributed by atoms with Crippen LogP contribution in [-0.2, 0) is 6.42 Å². The Morgan fingerprint density at radius 3 is 2.90 bits per heavy atom. The van der Waals surface area contributed by atoms with Crippen molar-refractivity contribution in [1.29, 1.82) is 0 Å². The number of aromatic nitrogens is 2. The maximum Gasteiger partial charge on any atom is 0.195 e. The Kier molecular flexibility index (Phi) is 3.42. The van der Waals surface area contributed by atoms with Crippen LogP contribution < -0.4 is 10.6 Å². The van der Waals surface area contributed by atoms with Crippen molar-refractivity contribution in [2.45, 2.75) is 57.5 Å². The molecule has 2 saturated carbocycles. The summed E-state index contributed by atoms with van der Waals surface area (Å²) in [6.07, 6.45) is 9.55. The summed E-state index contributed by atoms with van der Waals surface area (Å²) < 4.78 is 2.26. The number of hydrogen-bond donors (Lipinski definition) is 1. The van der Waals surface area contributed by atoms with Crippen molar-refractivity contribution in [2.75, 3.05) is 11.4 Å². The largest absolute Gasteiger partial charge is 0.352 e. The third kappa shape index (κ3) is 2.69. The van der Waals surface area contributed by atoms with E-state index in [0.717, 1.165) is 29.8 Å². The molecule has 0 aromatic carbocycles. The fourth-order valence-corrected chi connectivity index (χ4v) is 3.73. The van der Waals surface area contributed by atoms with Gasteiger partial charge in [0.1, 0.15) is 0 Å². The average molecular weight is 304 g/mol. The van der Waals surface area contributed by atoms with Gasteiger partial charge in [-0.15, -0.1) is 11.3 Å². The fourth-order valence-electron chi connectivity index (χ4n) is 3.01. The molecule has 0 amide bonds. The van der Waals surface area contributed by atoms with E-state index < -0.39 is 0 Å². The molecule has 21 heavy (non-hydrogen) atoms. The summed E-state index contributed by atoms with van der Waals surface area (Å²) in [5, 5.41) is 2.12. The van der Waals surface area contributed by atoms with Crippen LogP contribution in [0.2, 0.25) is 0 Å². The van der Waals surface area contributed by atoms with Gasteiger partial charge in [0, 0.05) is 36.6 Å². The molecule has 5 heteroatoms. The molecule has 0 bridgehead atoms. The van der Waals surface area contributed by atoms with E-state index in [1.807, 2.05) is 0 Å². The normalized spacial score (nSPS) is 20.1. The van der Waals surface area contributed by atoms with Gasteiger partial charge in [-0.3, -0.25) is 4.40 Å². The molecular formula is C16H24N4S. The second-order valence-electron chi connectivity index (χ2n) is 6.64. The van der Waals surface area contributed by atoms with E-state index in [-0.39, 0.29) is 6.04 Å². The van der Waals surface area contributed by atoms with Crippen molar-refractivity contribution in [3.05, 3.63) is 17.3 Å². The first-order valence-electron chi connectivity index (χ1n) is 8.23. The number of rotatable bonds is 7. The molecule has 0 saturated heterocycles. The Balaban J connectivity index is 1.70. The molecular weight excluding hydrogens is 280 g/mol. The Bertz CT molecular complexity index is 623. The first-order valence-corrected chi connectivity index (χ1v) is 9.11. The van der Waals surface area contributed by atoms with Crippen LogP contribution in [0.15, 0.2) is 11.6 Å². The summed E-state index contributed by atoms with van der Waals surface area (Å²) in [4.78, 5) is 8.66. The van der Waals surface area contributed by atoms with E-state index in [2.05, 4.69) is 27.8 Å². The third-order valence-electron chi connectivity index (χ3n) is 4.73. The highest BCUT2D eigenvalue weighted by Gasteiger charge is 2.36. The number of nitrogens with zero attached hydrogens (tertiary/aromatic N) is 3. The zero-order valence-electron chi connectivity index (χ0n) is 12.7. The Morgan fingerprint density at radius 1 is 1.43 bits per heavy atom. The molecule has 2 aromatic heterocycles. The topological polar surface area (TPSA) is 46.6 Å². The van der Waals surface area contributed by atoms with E-state index in [1.165, 1.54) is 43.7 Å². The molecule has 1 atom stereocenters. The predicted octanol–water partition coefficient (Wildman–Crippen LogP) is 3.05. The van der Waals surface area contributed by atoms with Crippen molar-refractivity contribution >= 4 is 22.1 Å². The zero-order valence-corrected chi connectivity index (χ0v) is 13.5. The van der Waals surface area contributed by atoms with Gasteiger partial charge in [-0.1, -0.05) is 6.92 Å². The number of imidazole rings is 1. The van der Waals surface area contributed by atoms with Gasteiger partial charge < -0.3 is 10.6 Å². The summed E-state index contributed by atoms with van der Waals surface area (Å²) in [6, 6.07) is 0.956. The van der Waals surface area contributed by atoms with Crippen molar-refractivity contribution in [3.63, 3.8) is 0 Å². The van der Waals surface area contributed by atoms with Gasteiger partial charge in [-0.2, -0.15) is 0 Å². The van der Waals surface area contributed by atoms with Gasteiger partial charge in [0.05, 0.1) is 5.69 Å². The van der Waals surface area contributed by atoms with Gasteiger partial charge in [0.25, 0.3) is 0 Å². The molecule has 2 aliphatic carbocycles. The minimum Gasteiger partial charge on any atom is -0.352 e. The van der Waals surface area contributed by atoms with Crippen LogP contribution in [0.25, 0.3) is 4.96 Å². The quantitative estimate of drug-likeness (QED) is 0.855. The van der Waals surface area contributed by atoms with Crippen molar-refractivity contribution < 1.29 is 0 Å². The molecule has 4 nitrogen and oxygen atoms in total. The standard InChI is InChI=1S/C16H24N4S/c1-2-12(17)9-14-15(18-16-19(14)7-8-21-16)20(13-5-6-13)10-11-3-4-11/h7-8,11-13H,2-6,9-10,17H2,1H3. The summed E-state index contributed by atoms with van der Waals surface area (Å²) >= 11 is 1.73. The van der Waals surface area contributed by atoms with Crippen molar-refractivity contribution in [2.24, 2.45) is 11.7 Å². The van der Waals surface area contributed by atoms with E-state index in [0.29, 0.717) is 0 Å². The van der Waals surface area contributed by atoms with Gasteiger partial charge >= 0.3 is 0 Å². The molecule has 2 aliphatic rings. The van der Waals surface area contributed by atoms with Crippen LogP contribution in [0.5, 0.6) is 0 Å². The van der Waals surface area contributed by atoms with Crippen LogP contribution in [0.4, 0.5) is 5.82 Å². The van der Waals surface area contributed by atoms with E-state index in [9.17, 15) is 0 Å². The lowest BCUT2D eigenvalue weighted by Gasteiger charge is -2.24. The van der Waals surface area contributed by atoms with E-state index in [4.69, 9.17) is 10.7 Å². The van der Waals surface area contributed by atoms with Gasteiger partial charge in [0.2, 0.25) is 0 Å². The van der Waals surface area contributed by atoms with E-state index >= 15 is 0 Å². The molecule has 2 aromatic rings. The minimum absolute atomic E-state index is 0.227. The molecule has 2 fully saturated rings. The predicted molar refractivity (Wildman–Crippen MR) is 88.1 cm³/mol. The van der Waals surface area contributed by atoms with E-state index in [1.54, 1.807) is 11.3 Å². The highest BCUT2D eigenvalue weighted by Crippen LogP contribution is 2.39. The summed E-state index contributed by atoms with van der Waals surface area (Å²) in [7, 11) is 0. The van der Waals surface area contributed by atoms with Crippen LogP contribution in [0.1, 0.15) is 44.7 Å². The van der Waals surface area contributed by atoms with Gasteiger partial charge in [0.15, 0.2) is 10.8 Å². The minimum atomic E-state index is 0.227. The molecule has 0 spiro atoms. The highest BCUT2D eigenvalue weighted by molar-refractivity contribution is 7.15. The molecule has 1 unspecified atom stereocenters. The fraction of sp³-hybridized carbons (Fsp3) is 0.688. The first-order chi connectivity index (χ1) is 10.3. The number of nitrogens with two attached hydrogens (primary N) is 1. The first kappa shape index (κ1) is 13.6. The van der Waals surface area contributed by atoms with Crippen LogP contribution in [-0.4, -0.2) is 28.0 Å². The summed E-state index contributed by atoms with van der Waals surface area (Å²) in [6.45, 7) is 3.36. The molecule has 114 valence electrons. The Morgan fingerprint density at radius 2 is 2.24 bits per heavy atom. The monoisotopic (exact) mass is 304 g/mol. The SMILES string of the molecule is CCC(N)Cc1c(N(CC2CC2)C2CC2)nc2sccn12. The Hall–Kier alpha value is -1.07. The van der Waals surface area contributed by atoms with Gasteiger partial charge in [-0.25, -0.2) is 4.98 Å². The number of thiazole rings is 1. The maximum atomic E-state index is 6.24. The molecule has 2 heterocycles. The molecule has 0 radical (unpaired) electrons. The van der Waals surface area contributed by atoms with Gasteiger partial charge in [-0.05, 0) is 38.0 Å². The molecule has 4 rings (SSSR count). The maximum absolute atomic E-state index is 6.24. The van der Waals surface area contributed by atoms with Crippen LogP contribution >= 0.6 is 11.3 Å². The zero-order chi connectivity index (χ0) is 14.4. The van der Waals surface area contributed by atoms with Crippen LogP contribution in [0, 0.1) is 5.92 Å². The molecule has 0 aliphatic heterocycles. The average Bonchev–Trinajstić information content (AvgIpc) is 3.38. The lowest BCUT2D eigenvalue weighted by molar-refractivity contribution is 0.628. The second-order valence-corrected chi connectivity index (χ2v) is 7.51. The lowest BCUT2D eigenvalue weighted by atomic mass is 10.1. The Labute approximate surface area is 130 Å². The smallest absolute Gasteiger partial charge is 0.195 e. The highest BCUT2D eigenvalue weighted by atomic mass is 32.1. The lowest BCUT2D eigenvalue weighted by Crippen LogP contribution is -2.31. The third-order valence-corrected chi connectivity index (χ3v) is 5.49. The van der Waals surface area contributed by atoms with Crippen molar-refractivity contribution in [1.82, 2.24) is 9.38 Å².